The summed E-state index contributed by atoms with van der Waals surface area (Å²) in [6.07, 6.45) is 5.46. The monoisotopic (exact) mass is 406 g/mol. The number of fused-ring (bicyclic) bond motifs is 1. The van der Waals surface area contributed by atoms with Crippen LogP contribution in [0.2, 0.25) is 0 Å². The van der Waals surface area contributed by atoms with Gasteiger partial charge < -0.3 is 0 Å². The number of aromatic nitrogens is 2. The normalized spacial score (nSPS) is 11.3. The molecule has 5 aromatic rings. The van der Waals surface area contributed by atoms with Crippen molar-refractivity contribution in [1.82, 2.24) is 9.78 Å². The minimum absolute atomic E-state index is 0.0228. The Morgan fingerprint density at radius 3 is 2.47 bits per heavy atom. The summed E-state index contributed by atoms with van der Waals surface area (Å²) >= 11 is 1.64. The molecule has 0 amide bonds. The van der Waals surface area contributed by atoms with Crippen LogP contribution >= 0.6 is 11.3 Å². The Balaban J connectivity index is 1.50. The summed E-state index contributed by atoms with van der Waals surface area (Å²) in [7, 11) is 0. The van der Waals surface area contributed by atoms with E-state index in [2.05, 4.69) is 0 Å². The van der Waals surface area contributed by atoms with Crippen LogP contribution in [-0.2, 0) is 0 Å². The van der Waals surface area contributed by atoms with Gasteiger partial charge in [-0.2, -0.15) is 5.10 Å². The van der Waals surface area contributed by atoms with Crippen molar-refractivity contribution in [2.45, 2.75) is 0 Å². The molecule has 0 saturated carbocycles. The van der Waals surface area contributed by atoms with E-state index in [-0.39, 0.29) is 5.78 Å². The van der Waals surface area contributed by atoms with Gasteiger partial charge in [-0.15, -0.1) is 11.3 Å². The Hall–Kier alpha value is -3.76. The van der Waals surface area contributed by atoms with Crippen LogP contribution in [0.5, 0.6) is 0 Å². The van der Waals surface area contributed by atoms with Crippen LogP contribution < -0.4 is 0 Å². The molecular weight excluding hydrogens is 388 g/mol. The van der Waals surface area contributed by atoms with Crippen molar-refractivity contribution in [2.24, 2.45) is 0 Å². The third kappa shape index (κ3) is 3.61. The molecule has 0 unspecified atom stereocenters. The lowest BCUT2D eigenvalue weighted by Gasteiger charge is -2.00. The maximum absolute atomic E-state index is 12.8. The zero-order chi connectivity index (χ0) is 20.3. The fourth-order valence-corrected chi connectivity index (χ4v) is 4.16. The third-order valence-corrected chi connectivity index (χ3v) is 5.84. The Morgan fingerprint density at radius 2 is 1.67 bits per heavy atom. The lowest BCUT2D eigenvalue weighted by molar-refractivity contribution is 0.104. The Morgan fingerprint density at radius 1 is 0.867 bits per heavy atom. The van der Waals surface area contributed by atoms with Crippen LogP contribution in [0.15, 0.2) is 103 Å². The molecule has 0 radical (unpaired) electrons. The maximum atomic E-state index is 12.8. The molecule has 2 heterocycles. The number of rotatable bonds is 5. The molecule has 5 rings (SSSR count). The first-order chi connectivity index (χ1) is 14.8. The maximum Gasteiger partial charge on any atom is 0.185 e. The van der Waals surface area contributed by atoms with Gasteiger partial charge in [0.15, 0.2) is 5.78 Å². The summed E-state index contributed by atoms with van der Waals surface area (Å²) in [5.74, 6) is -0.0228. The van der Waals surface area contributed by atoms with Crippen LogP contribution in [0.4, 0.5) is 0 Å². The van der Waals surface area contributed by atoms with E-state index in [4.69, 9.17) is 5.10 Å². The van der Waals surface area contributed by atoms with Crippen LogP contribution in [0.25, 0.3) is 33.1 Å². The van der Waals surface area contributed by atoms with Crippen LogP contribution in [-0.4, -0.2) is 15.6 Å². The molecule has 4 heteroatoms. The van der Waals surface area contributed by atoms with Crippen LogP contribution in [0.1, 0.15) is 15.9 Å². The number of allylic oxidation sites excluding steroid dienone is 1. The Bertz CT molecular complexity index is 1350. The highest BCUT2D eigenvalue weighted by Gasteiger charge is 2.12. The Labute approximate surface area is 178 Å². The predicted octanol–water partition coefficient (Wildman–Crippen LogP) is 6.65. The number of benzene rings is 3. The standard InChI is InChI=1S/C26H18N2OS/c29-24(21-13-12-19-7-4-5-8-20(19)17-21)15-14-22-18-28(23-9-2-1-3-10-23)27-26(22)25-11-6-16-30-25/h1-18H. The van der Waals surface area contributed by atoms with Crippen molar-refractivity contribution in [1.29, 1.82) is 0 Å². The highest BCUT2D eigenvalue weighted by molar-refractivity contribution is 7.13. The van der Waals surface area contributed by atoms with E-state index in [1.54, 1.807) is 17.4 Å². The summed E-state index contributed by atoms with van der Waals surface area (Å²) in [4.78, 5) is 13.9. The molecule has 0 spiro atoms. The SMILES string of the molecule is O=C(C=Cc1cn(-c2ccccc2)nc1-c1cccs1)c1ccc2ccccc2c1. The van der Waals surface area contributed by atoms with Gasteiger partial charge in [0.2, 0.25) is 0 Å². The highest BCUT2D eigenvalue weighted by atomic mass is 32.1. The first kappa shape index (κ1) is 18.3. The van der Waals surface area contributed by atoms with Crippen molar-refractivity contribution < 1.29 is 4.79 Å². The number of thiophene rings is 1. The lowest BCUT2D eigenvalue weighted by Crippen LogP contribution is -1.93. The van der Waals surface area contributed by atoms with E-state index in [1.165, 1.54) is 0 Å². The van der Waals surface area contributed by atoms with Gasteiger partial charge in [0.25, 0.3) is 0 Å². The molecule has 30 heavy (non-hydrogen) atoms. The Kier molecular flexibility index (Phi) is 4.83. The van der Waals surface area contributed by atoms with Crippen molar-refractivity contribution >= 4 is 34.0 Å². The van der Waals surface area contributed by atoms with Gasteiger partial charge in [-0.25, -0.2) is 4.68 Å². The second-order valence-electron chi connectivity index (χ2n) is 6.95. The fourth-order valence-electron chi connectivity index (χ4n) is 3.43. The summed E-state index contributed by atoms with van der Waals surface area (Å²) in [5, 5.41) is 9.00. The van der Waals surface area contributed by atoms with Gasteiger partial charge in [0.1, 0.15) is 5.69 Å². The van der Waals surface area contributed by atoms with Crippen molar-refractivity contribution in [3.63, 3.8) is 0 Å². The molecule has 0 N–H and O–H groups in total. The highest BCUT2D eigenvalue weighted by Crippen LogP contribution is 2.29. The number of para-hydroxylation sites is 1. The van der Waals surface area contributed by atoms with Crippen LogP contribution in [0.3, 0.4) is 0 Å². The predicted molar refractivity (Wildman–Crippen MR) is 124 cm³/mol. The zero-order valence-electron chi connectivity index (χ0n) is 16.1. The van der Waals surface area contributed by atoms with E-state index in [0.29, 0.717) is 5.56 Å². The first-order valence-electron chi connectivity index (χ1n) is 9.68. The second-order valence-corrected chi connectivity index (χ2v) is 7.90. The molecule has 0 aliphatic rings. The van der Waals surface area contributed by atoms with Crippen molar-refractivity contribution in [3.8, 4) is 16.3 Å². The smallest absolute Gasteiger partial charge is 0.185 e. The van der Waals surface area contributed by atoms with E-state index < -0.39 is 0 Å². The minimum atomic E-state index is -0.0228. The van der Waals surface area contributed by atoms with E-state index >= 15 is 0 Å². The second kappa shape index (κ2) is 7.93. The third-order valence-electron chi connectivity index (χ3n) is 4.97. The van der Waals surface area contributed by atoms with Gasteiger partial charge >= 0.3 is 0 Å². The average molecular weight is 407 g/mol. The summed E-state index contributed by atoms with van der Waals surface area (Å²) in [5.41, 5.74) is 3.45. The minimum Gasteiger partial charge on any atom is -0.289 e. The summed E-state index contributed by atoms with van der Waals surface area (Å²) < 4.78 is 1.86. The van der Waals surface area contributed by atoms with Gasteiger partial charge in [0.05, 0.1) is 10.6 Å². The molecule has 3 nitrogen and oxygen atoms in total. The van der Waals surface area contributed by atoms with Gasteiger partial charge in [0, 0.05) is 17.3 Å². The number of hydrogen-bond acceptors (Lipinski definition) is 3. The molecular formula is C26H18N2OS. The summed E-state index contributed by atoms with van der Waals surface area (Å²) in [6, 6.07) is 27.9. The molecule has 0 aliphatic heterocycles. The van der Waals surface area contributed by atoms with Gasteiger partial charge in [-0.3, -0.25) is 4.79 Å². The number of hydrogen-bond donors (Lipinski definition) is 0. The van der Waals surface area contributed by atoms with E-state index in [9.17, 15) is 4.79 Å². The average Bonchev–Trinajstić information content (AvgIpc) is 3.47. The van der Waals surface area contributed by atoms with Gasteiger partial charge in [-0.1, -0.05) is 60.7 Å². The molecule has 0 bridgehead atoms. The number of carbonyl (C=O) groups is 1. The molecule has 2 aromatic heterocycles. The zero-order valence-corrected chi connectivity index (χ0v) is 16.9. The molecule has 3 aromatic carbocycles. The molecule has 0 fully saturated rings. The molecule has 144 valence electrons. The van der Waals surface area contributed by atoms with Crippen molar-refractivity contribution in [2.75, 3.05) is 0 Å². The number of ketones is 1. The van der Waals surface area contributed by atoms with E-state index in [1.807, 2.05) is 107 Å². The topological polar surface area (TPSA) is 34.9 Å². The largest absolute Gasteiger partial charge is 0.289 e. The molecule has 0 saturated heterocycles. The number of nitrogens with zero attached hydrogens (tertiary/aromatic N) is 2. The quantitative estimate of drug-likeness (QED) is 0.242. The van der Waals surface area contributed by atoms with Crippen molar-refractivity contribution in [3.05, 3.63) is 114 Å². The molecule has 0 aliphatic carbocycles. The first-order valence-corrected chi connectivity index (χ1v) is 10.6. The number of carbonyl (C=O) groups excluding carboxylic acids is 1. The summed E-state index contributed by atoms with van der Waals surface area (Å²) in [6.45, 7) is 0. The van der Waals surface area contributed by atoms with Crippen LogP contribution in [0, 0.1) is 0 Å². The van der Waals surface area contributed by atoms with E-state index in [0.717, 1.165) is 32.6 Å². The van der Waals surface area contributed by atoms with Gasteiger partial charge in [-0.05, 0) is 52.6 Å². The lowest BCUT2D eigenvalue weighted by atomic mass is 10.0. The fraction of sp³-hybridized carbons (Fsp3) is 0. The molecule has 0 atom stereocenters.